The molecule has 2 rings (SSSR count). The molecule has 0 radical (unpaired) electrons. The van der Waals surface area contributed by atoms with Gasteiger partial charge < -0.3 is 9.64 Å². The second-order valence-corrected chi connectivity index (χ2v) is 4.49. The summed E-state index contributed by atoms with van der Waals surface area (Å²) in [4.78, 5) is 25.3. The molecule has 20 heavy (non-hydrogen) atoms. The molecule has 0 aliphatic carbocycles. The Morgan fingerprint density at radius 3 is 2.80 bits per heavy atom. The highest BCUT2D eigenvalue weighted by molar-refractivity contribution is 6.35. The lowest BCUT2D eigenvalue weighted by molar-refractivity contribution is -0.137. The molecule has 0 bridgehead atoms. The first kappa shape index (κ1) is 14.1. The van der Waals surface area contributed by atoms with E-state index in [1.54, 1.807) is 25.1 Å². The van der Waals surface area contributed by atoms with E-state index in [2.05, 4.69) is 0 Å². The summed E-state index contributed by atoms with van der Waals surface area (Å²) in [6.07, 6.45) is 0. The van der Waals surface area contributed by atoms with E-state index >= 15 is 0 Å². The molecule has 0 spiro atoms. The van der Waals surface area contributed by atoms with E-state index in [-0.39, 0.29) is 28.8 Å². The summed E-state index contributed by atoms with van der Waals surface area (Å²) in [5.41, 5.74) is 0.787. The number of ether oxygens (including phenoxy) is 1. The van der Waals surface area contributed by atoms with Gasteiger partial charge in [-0.1, -0.05) is 23.7 Å². The monoisotopic (exact) mass is 290 g/mol. The van der Waals surface area contributed by atoms with Crippen molar-refractivity contribution in [2.75, 3.05) is 13.7 Å². The predicted molar refractivity (Wildman–Crippen MR) is 72.7 cm³/mol. The molecule has 0 atom stereocenters. The van der Waals surface area contributed by atoms with Crippen molar-refractivity contribution in [3.05, 3.63) is 39.9 Å². The summed E-state index contributed by atoms with van der Waals surface area (Å²) in [7, 11) is 1.49. The highest BCUT2D eigenvalue weighted by Gasteiger charge is 2.35. The SMILES string of the molecule is CCOC(=O)/C(C#N)=C1/c2cccc(Cl)c2C(=O)N1C. The molecule has 6 heteroatoms. The van der Waals surface area contributed by atoms with Gasteiger partial charge in [-0.15, -0.1) is 0 Å². The fourth-order valence-electron chi connectivity index (χ4n) is 2.09. The topological polar surface area (TPSA) is 70.4 Å². The van der Waals surface area contributed by atoms with Crippen LogP contribution in [0.3, 0.4) is 0 Å². The standard InChI is InChI=1S/C14H11ClN2O3/c1-3-20-14(19)9(7-16)12-8-5-4-6-10(15)11(8)13(18)17(12)2/h4-6H,3H2,1-2H3/b12-9-. The minimum Gasteiger partial charge on any atom is -0.462 e. The van der Waals surface area contributed by atoms with Crippen LogP contribution < -0.4 is 0 Å². The summed E-state index contributed by atoms with van der Waals surface area (Å²) in [6, 6.07) is 6.70. The van der Waals surface area contributed by atoms with Crippen molar-refractivity contribution in [2.24, 2.45) is 0 Å². The van der Waals surface area contributed by atoms with Gasteiger partial charge >= 0.3 is 5.97 Å². The number of amides is 1. The van der Waals surface area contributed by atoms with E-state index in [9.17, 15) is 14.9 Å². The maximum Gasteiger partial charge on any atom is 0.351 e. The molecule has 0 unspecified atom stereocenters. The lowest BCUT2D eigenvalue weighted by Gasteiger charge is -2.12. The van der Waals surface area contributed by atoms with Crippen LogP contribution in [0.1, 0.15) is 22.8 Å². The summed E-state index contributed by atoms with van der Waals surface area (Å²) >= 11 is 6.01. The fraction of sp³-hybridized carbons (Fsp3) is 0.214. The third-order valence-corrected chi connectivity index (χ3v) is 3.27. The minimum absolute atomic E-state index is 0.150. The molecule has 1 aromatic rings. The molecule has 0 saturated carbocycles. The summed E-state index contributed by atoms with van der Waals surface area (Å²) in [5, 5.41) is 9.49. The van der Waals surface area contributed by atoms with Gasteiger partial charge in [0, 0.05) is 12.6 Å². The van der Waals surface area contributed by atoms with Crippen LogP contribution in [0, 0.1) is 11.3 Å². The maximum absolute atomic E-state index is 12.2. The normalized spacial score (nSPS) is 15.7. The molecule has 0 N–H and O–H groups in total. The van der Waals surface area contributed by atoms with Crippen molar-refractivity contribution in [1.29, 1.82) is 5.26 Å². The summed E-state index contributed by atoms with van der Waals surface area (Å²) in [6.45, 7) is 1.79. The van der Waals surface area contributed by atoms with E-state index in [0.717, 1.165) is 0 Å². The number of halogens is 1. The Balaban J connectivity index is 2.70. The lowest BCUT2D eigenvalue weighted by Crippen LogP contribution is -2.20. The predicted octanol–water partition coefficient (Wildman–Crippen LogP) is 2.22. The molecular formula is C14H11ClN2O3. The zero-order chi connectivity index (χ0) is 14.9. The first-order valence-corrected chi connectivity index (χ1v) is 6.29. The molecule has 0 fully saturated rings. The molecule has 5 nitrogen and oxygen atoms in total. The minimum atomic E-state index is -0.752. The Bertz CT molecular complexity index is 673. The van der Waals surface area contributed by atoms with E-state index in [4.69, 9.17) is 16.3 Å². The largest absolute Gasteiger partial charge is 0.462 e. The number of nitriles is 1. The van der Waals surface area contributed by atoms with Crippen molar-refractivity contribution < 1.29 is 14.3 Å². The average molecular weight is 291 g/mol. The Morgan fingerprint density at radius 2 is 2.20 bits per heavy atom. The number of hydrogen-bond donors (Lipinski definition) is 0. The van der Waals surface area contributed by atoms with Crippen molar-refractivity contribution in [3.63, 3.8) is 0 Å². The molecule has 1 aromatic carbocycles. The number of fused-ring (bicyclic) bond motifs is 1. The molecule has 102 valence electrons. The van der Waals surface area contributed by atoms with Gasteiger partial charge in [-0.3, -0.25) is 4.79 Å². The first-order valence-electron chi connectivity index (χ1n) is 5.91. The second-order valence-electron chi connectivity index (χ2n) is 4.08. The molecule has 1 amide bonds. The molecule has 0 saturated heterocycles. The Hall–Kier alpha value is -2.32. The summed E-state index contributed by atoms with van der Waals surface area (Å²) in [5.74, 6) is -1.10. The van der Waals surface area contributed by atoms with Crippen molar-refractivity contribution in [1.82, 2.24) is 4.90 Å². The molecule has 0 aromatic heterocycles. The smallest absolute Gasteiger partial charge is 0.351 e. The number of nitrogens with zero attached hydrogens (tertiary/aromatic N) is 2. The van der Waals surface area contributed by atoms with Gasteiger partial charge in [-0.05, 0) is 13.0 Å². The Kier molecular flexibility index (Phi) is 3.77. The number of hydrogen-bond acceptors (Lipinski definition) is 4. The third kappa shape index (κ3) is 2.04. The van der Waals surface area contributed by atoms with Gasteiger partial charge in [-0.2, -0.15) is 5.26 Å². The quantitative estimate of drug-likeness (QED) is 0.476. The van der Waals surface area contributed by atoms with Gasteiger partial charge in [0.2, 0.25) is 0 Å². The number of carbonyl (C=O) groups excluding carboxylic acids is 2. The lowest BCUT2D eigenvalue weighted by atomic mass is 10.0. The van der Waals surface area contributed by atoms with Crippen LogP contribution in [-0.2, 0) is 9.53 Å². The first-order chi connectivity index (χ1) is 9.52. The molecule has 1 aliphatic rings. The van der Waals surface area contributed by atoms with Crippen LogP contribution in [0.4, 0.5) is 0 Å². The van der Waals surface area contributed by atoms with Crippen LogP contribution in [0.15, 0.2) is 23.8 Å². The molecule has 1 aliphatic heterocycles. The van der Waals surface area contributed by atoms with Gasteiger partial charge in [0.15, 0.2) is 5.57 Å². The fourth-order valence-corrected chi connectivity index (χ4v) is 2.35. The van der Waals surface area contributed by atoms with E-state index in [1.807, 2.05) is 6.07 Å². The highest BCUT2D eigenvalue weighted by Crippen LogP contribution is 2.37. The molecular weight excluding hydrogens is 280 g/mol. The Morgan fingerprint density at radius 1 is 1.50 bits per heavy atom. The third-order valence-electron chi connectivity index (χ3n) is 2.95. The van der Waals surface area contributed by atoms with E-state index < -0.39 is 5.97 Å². The Labute approximate surface area is 121 Å². The van der Waals surface area contributed by atoms with E-state index in [0.29, 0.717) is 11.1 Å². The van der Waals surface area contributed by atoms with Crippen LogP contribution in [0.25, 0.3) is 5.70 Å². The van der Waals surface area contributed by atoms with Crippen molar-refractivity contribution in [3.8, 4) is 6.07 Å². The van der Waals surface area contributed by atoms with Crippen LogP contribution in [-0.4, -0.2) is 30.4 Å². The number of rotatable bonds is 2. The van der Waals surface area contributed by atoms with Crippen LogP contribution in [0.5, 0.6) is 0 Å². The van der Waals surface area contributed by atoms with Crippen LogP contribution in [0.2, 0.25) is 5.02 Å². The zero-order valence-electron chi connectivity index (χ0n) is 10.9. The highest BCUT2D eigenvalue weighted by atomic mass is 35.5. The zero-order valence-corrected chi connectivity index (χ0v) is 11.7. The van der Waals surface area contributed by atoms with Gasteiger partial charge in [-0.25, -0.2) is 4.79 Å². The van der Waals surface area contributed by atoms with Crippen LogP contribution >= 0.6 is 11.6 Å². The van der Waals surface area contributed by atoms with Gasteiger partial charge in [0.05, 0.1) is 22.9 Å². The van der Waals surface area contributed by atoms with Crippen molar-refractivity contribution in [2.45, 2.75) is 6.92 Å². The molecule has 1 heterocycles. The number of esters is 1. The number of benzene rings is 1. The maximum atomic E-state index is 12.2. The van der Waals surface area contributed by atoms with Gasteiger partial charge in [0.1, 0.15) is 6.07 Å². The van der Waals surface area contributed by atoms with Gasteiger partial charge in [0.25, 0.3) is 5.91 Å². The van der Waals surface area contributed by atoms with E-state index in [1.165, 1.54) is 11.9 Å². The average Bonchev–Trinajstić information content (AvgIpc) is 2.66. The van der Waals surface area contributed by atoms with Crippen molar-refractivity contribution >= 4 is 29.2 Å². The second kappa shape index (κ2) is 5.35. The number of carbonyl (C=O) groups is 2. The summed E-state index contributed by atoms with van der Waals surface area (Å²) < 4.78 is 4.85.